The minimum Gasteiger partial charge on any atom is -0.495 e. The number of benzene rings is 2. The lowest BCUT2D eigenvalue weighted by Crippen LogP contribution is -2.00. The van der Waals surface area contributed by atoms with Gasteiger partial charge in [-0.2, -0.15) is 0 Å². The first-order chi connectivity index (χ1) is 15.5. The Labute approximate surface area is 186 Å². The number of nitrogen functional groups attached to an aromatic ring is 1. The predicted octanol–water partition coefficient (Wildman–Crippen LogP) is 4.34. The molecule has 0 amide bonds. The molecule has 0 aliphatic rings. The van der Waals surface area contributed by atoms with Crippen molar-refractivity contribution in [1.29, 1.82) is 0 Å². The van der Waals surface area contributed by atoms with Crippen molar-refractivity contribution in [2.45, 2.75) is 0 Å². The van der Waals surface area contributed by atoms with E-state index in [0.29, 0.717) is 45.8 Å². The van der Waals surface area contributed by atoms with Crippen LogP contribution in [-0.2, 0) is 0 Å². The Balaban J connectivity index is 1.87. The second-order valence-corrected chi connectivity index (χ2v) is 6.63. The van der Waals surface area contributed by atoms with Crippen LogP contribution in [0.25, 0.3) is 6.08 Å². The lowest BCUT2D eigenvalue weighted by atomic mass is 10.1. The van der Waals surface area contributed by atoms with Crippen LogP contribution in [-0.4, -0.2) is 39.2 Å². The minimum absolute atomic E-state index is 0.193. The Morgan fingerprint density at radius 1 is 0.938 bits per heavy atom. The van der Waals surface area contributed by atoms with E-state index < -0.39 is 0 Å². The van der Waals surface area contributed by atoms with Gasteiger partial charge >= 0.3 is 0 Å². The highest BCUT2D eigenvalue weighted by Gasteiger charge is 2.14. The first kappa shape index (κ1) is 22.5. The van der Waals surface area contributed by atoms with Crippen LogP contribution in [0.5, 0.6) is 23.0 Å². The van der Waals surface area contributed by atoms with Crippen LogP contribution >= 0.6 is 0 Å². The molecule has 0 bridgehead atoms. The van der Waals surface area contributed by atoms with Crippen LogP contribution in [0.2, 0.25) is 0 Å². The van der Waals surface area contributed by atoms with Crippen LogP contribution in [0.1, 0.15) is 15.9 Å². The van der Waals surface area contributed by atoms with E-state index in [9.17, 15) is 4.79 Å². The number of nitrogens with two attached hydrogens (primary N) is 1. The second-order valence-electron chi connectivity index (χ2n) is 6.63. The molecule has 0 radical (unpaired) electrons. The number of carbonyl (C=O) groups is 1. The van der Waals surface area contributed by atoms with E-state index in [4.69, 9.17) is 24.7 Å². The Morgan fingerprint density at radius 3 is 2.22 bits per heavy atom. The van der Waals surface area contributed by atoms with Crippen LogP contribution in [0.4, 0.5) is 17.2 Å². The van der Waals surface area contributed by atoms with Crippen LogP contribution < -0.4 is 30.0 Å². The number of pyridine rings is 1. The van der Waals surface area contributed by atoms with Gasteiger partial charge < -0.3 is 30.0 Å². The molecule has 0 fully saturated rings. The molecule has 1 heterocycles. The molecule has 0 saturated carbocycles. The van der Waals surface area contributed by atoms with Crippen molar-refractivity contribution >= 4 is 29.1 Å². The molecule has 0 unspecified atom stereocenters. The molecule has 3 aromatic rings. The maximum Gasteiger partial charge on any atom is 0.203 e. The molecule has 1 aromatic heterocycles. The number of anilines is 3. The fraction of sp³-hybridized carbons (Fsp3) is 0.167. The van der Waals surface area contributed by atoms with Crippen molar-refractivity contribution in [2.75, 3.05) is 39.5 Å². The summed E-state index contributed by atoms with van der Waals surface area (Å²) in [6.45, 7) is 0. The molecule has 2 aromatic carbocycles. The van der Waals surface area contributed by atoms with Gasteiger partial charge in [0.1, 0.15) is 11.6 Å². The maximum absolute atomic E-state index is 12.6. The van der Waals surface area contributed by atoms with Crippen molar-refractivity contribution in [3.05, 3.63) is 65.9 Å². The third-order valence-corrected chi connectivity index (χ3v) is 4.69. The highest BCUT2D eigenvalue weighted by Crippen LogP contribution is 2.40. The zero-order valence-corrected chi connectivity index (χ0v) is 18.3. The molecule has 0 saturated heterocycles. The molecular formula is C24H25N3O5. The van der Waals surface area contributed by atoms with Gasteiger partial charge in [0, 0.05) is 35.1 Å². The lowest BCUT2D eigenvalue weighted by Gasteiger charge is -2.15. The maximum atomic E-state index is 12.6. The van der Waals surface area contributed by atoms with Crippen molar-refractivity contribution in [3.8, 4) is 23.0 Å². The van der Waals surface area contributed by atoms with Gasteiger partial charge in [-0.25, -0.2) is 4.98 Å². The van der Waals surface area contributed by atoms with Gasteiger partial charge in [-0.3, -0.25) is 4.79 Å². The third kappa shape index (κ3) is 4.92. The zero-order chi connectivity index (χ0) is 23.1. The first-order valence-corrected chi connectivity index (χ1v) is 9.68. The molecule has 0 spiro atoms. The molecule has 166 valence electrons. The molecule has 8 nitrogen and oxygen atoms in total. The van der Waals surface area contributed by atoms with Crippen LogP contribution in [0.15, 0.2) is 54.7 Å². The molecular weight excluding hydrogens is 410 g/mol. The smallest absolute Gasteiger partial charge is 0.203 e. The van der Waals surface area contributed by atoms with Gasteiger partial charge in [0.2, 0.25) is 5.75 Å². The summed E-state index contributed by atoms with van der Waals surface area (Å²) in [6.07, 6.45) is 4.82. The average Bonchev–Trinajstić information content (AvgIpc) is 2.82. The third-order valence-electron chi connectivity index (χ3n) is 4.69. The van der Waals surface area contributed by atoms with E-state index in [0.717, 1.165) is 5.56 Å². The predicted molar refractivity (Wildman–Crippen MR) is 124 cm³/mol. The van der Waals surface area contributed by atoms with Crippen molar-refractivity contribution < 1.29 is 23.7 Å². The number of aromatic nitrogens is 1. The van der Waals surface area contributed by atoms with E-state index in [-0.39, 0.29) is 5.78 Å². The highest BCUT2D eigenvalue weighted by atomic mass is 16.5. The van der Waals surface area contributed by atoms with E-state index in [1.54, 1.807) is 70.0 Å². The Morgan fingerprint density at radius 2 is 1.62 bits per heavy atom. The van der Waals surface area contributed by atoms with Crippen molar-refractivity contribution in [3.63, 3.8) is 0 Å². The van der Waals surface area contributed by atoms with Gasteiger partial charge in [0.15, 0.2) is 17.3 Å². The number of methoxy groups -OCH3 is 4. The van der Waals surface area contributed by atoms with Crippen LogP contribution in [0.3, 0.4) is 0 Å². The number of hydrogen-bond acceptors (Lipinski definition) is 8. The monoisotopic (exact) mass is 435 g/mol. The lowest BCUT2D eigenvalue weighted by molar-refractivity contribution is 0.104. The summed E-state index contributed by atoms with van der Waals surface area (Å²) in [7, 11) is 6.17. The summed E-state index contributed by atoms with van der Waals surface area (Å²) in [5.74, 6) is 2.40. The summed E-state index contributed by atoms with van der Waals surface area (Å²) >= 11 is 0. The first-order valence-electron chi connectivity index (χ1n) is 9.68. The Kier molecular flexibility index (Phi) is 7.17. The normalized spacial score (nSPS) is 10.6. The SMILES string of the molecule is COc1ccc(C(=O)C=Cc2cccnc2Nc2cc(OC)c(OC)c(OC)c2)cc1N. The number of allylic oxidation sites excluding steroid dienone is 1. The number of nitrogens with zero attached hydrogens (tertiary/aromatic N) is 1. The molecule has 0 atom stereocenters. The number of nitrogens with one attached hydrogen (secondary N) is 1. The topological polar surface area (TPSA) is 105 Å². The van der Waals surface area contributed by atoms with Gasteiger partial charge in [0.05, 0.1) is 34.1 Å². The molecule has 3 N–H and O–H groups in total. The quantitative estimate of drug-likeness (QED) is 0.291. The van der Waals surface area contributed by atoms with Gasteiger partial charge in [0.25, 0.3) is 0 Å². The Hall–Kier alpha value is -4.20. The van der Waals surface area contributed by atoms with Gasteiger partial charge in [-0.1, -0.05) is 0 Å². The largest absolute Gasteiger partial charge is 0.495 e. The van der Waals surface area contributed by atoms with E-state index in [1.165, 1.54) is 13.2 Å². The van der Waals surface area contributed by atoms with Gasteiger partial charge in [-0.05, 0) is 42.5 Å². The van der Waals surface area contributed by atoms with Crippen LogP contribution in [0, 0.1) is 0 Å². The summed E-state index contributed by atoms with van der Waals surface area (Å²) in [6, 6.07) is 12.1. The highest BCUT2D eigenvalue weighted by molar-refractivity contribution is 6.07. The summed E-state index contributed by atoms with van der Waals surface area (Å²) in [4.78, 5) is 17.0. The Bertz CT molecular complexity index is 1120. The zero-order valence-electron chi connectivity index (χ0n) is 18.3. The van der Waals surface area contributed by atoms with Gasteiger partial charge in [-0.15, -0.1) is 0 Å². The number of rotatable bonds is 9. The van der Waals surface area contributed by atoms with E-state index in [2.05, 4.69) is 10.3 Å². The molecule has 0 aliphatic heterocycles. The van der Waals surface area contributed by atoms with E-state index >= 15 is 0 Å². The minimum atomic E-state index is -0.193. The number of ether oxygens (including phenoxy) is 4. The molecule has 8 heteroatoms. The number of hydrogen-bond donors (Lipinski definition) is 2. The fourth-order valence-corrected chi connectivity index (χ4v) is 3.10. The van der Waals surface area contributed by atoms with Crippen molar-refractivity contribution in [2.24, 2.45) is 0 Å². The molecule has 32 heavy (non-hydrogen) atoms. The second kappa shape index (κ2) is 10.2. The van der Waals surface area contributed by atoms with Crippen molar-refractivity contribution in [1.82, 2.24) is 4.98 Å². The molecule has 0 aliphatic carbocycles. The van der Waals surface area contributed by atoms with E-state index in [1.807, 2.05) is 6.07 Å². The standard InChI is InChI=1S/C24H25N3O5/c1-29-20-10-8-16(12-18(20)25)19(28)9-7-15-6-5-11-26-24(15)27-17-13-21(30-2)23(32-4)22(14-17)31-3/h5-14H,25H2,1-4H3,(H,26,27). The number of carbonyl (C=O) groups excluding carboxylic acids is 1. The summed E-state index contributed by atoms with van der Waals surface area (Å²) in [5.41, 5.74) is 8.17. The molecule has 3 rings (SSSR count). The number of ketones is 1. The summed E-state index contributed by atoms with van der Waals surface area (Å²) in [5, 5.41) is 3.24. The average molecular weight is 435 g/mol. The fourth-order valence-electron chi connectivity index (χ4n) is 3.10. The summed E-state index contributed by atoms with van der Waals surface area (Å²) < 4.78 is 21.3.